The largest absolute Gasteiger partial charge is 0.402 e. The zero-order valence-corrected chi connectivity index (χ0v) is 14.4. The van der Waals surface area contributed by atoms with E-state index in [9.17, 15) is 9.59 Å². The molecule has 0 saturated heterocycles. The second-order valence-corrected chi connectivity index (χ2v) is 6.62. The summed E-state index contributed by atoms with van der Waals surface area (Å²) >= 11 is 4.87. The van der Waals surface area contributed by atoms with Crippen molar-refractivity contribution >= 4 is 56.8 Å². The summed E-state index contributed by atoms with van der Waals surface area (Å²) < 4.78 is 6.17. The predicted molar refractivity (Wildman–Crippen MR) is 93.4 cm³/mol. The van der Waals surface area contributed by atoms with E-state index in [0.29, 0.717) is 11.3 Å². The summed E-state index contributed by atoms with van der Waals surface area (Å²) in [7, 11) is 0. The molecule has 3 rings (SSSR count). The molecule has 0 fully saturated rings. The molecule has 1 aromatic heterocycles. The number of halogens is 1. The summed E-state index contributed by atoms with van der Waals surface area (Å²) in [5.41, 5.74) is 1.61. The highest BCUT2D eigenvalue weighted by Gasteiger charge is 2.24. The van der Waals surface area contributed by atoms with E-state index in [1.54, 1.807) is 30.3 Å². The van der Waals surface area contributed by atoms with Crippen LogP contribution in [0.15, 0.2) is 50.9 Å². The quantitative estimate of drug-likeness (QED) is 0.639. The van der Waals surface area contributed by atoms with Crippen molar-refractivity contribution in [3.63, 3.8) is 0 Å². The monoisotopic (exact) mass is 390 g/mol. The van der Waals surface area contributed by atoms with Gasteiger partial charge < -0.3 is 10.1 Å². The highest BCUT2D eigenvalue weighted by Crippen LogP contribution is 2.25. The summed E-state index contributed by atoms with van der Waals surface area (Å²) in [6.45, 7) is 1.44. The van der Waals surface area contributed by atoms with E-state index in [1.807, 2.05) is 11.4 Å². The lowest BCUT2D eigenvalue weighted by atomic mass is 10.2. The molecule has 7 heteroatoms. The Balaban J connectivity index is 1.83. The van der Waals surface area contributed by atoms with Gasteiger partial charge in [0.2, 0.25) is 11.8 Å². The maximum absolute atomic E-state index is 11.9. The van der Waals surface area contributed by atoms with Gasteiger partial charge in [0.1, 0.15) is 0 Å². The normalized spacial score (nSPS) is 15.5. The van der Waals surface area contributed by atoms with Crippen molar-refractivity contribution in [1.29, 1.82) is 0 Å². The minimum atomic E-state index is -0.476. The zero-order chi connectivity index (χ0) is 16.4. The number of carbonyl (C=O) groups is 2. The van der Waals surface area contributed by atoms with Crippen molar-refractivity contribution in [3.05, 3.63) is 56.3 Å². The predicted octanol–water partition coefficient (Wildman–Crippen LogP) is 3.81. The van der Waals surface area contributed by atoms with Crippen LogP contribution in [0.3, 0.4) is 0 Å². The third kappa shape index (κ3) is 3.75. The fourth-order valence-corrected chi connectivity index (χ4v) is 3.34. The molecule has 116 valence electrons. The van der Waals surface area contributed by atoms with Gasteiger partial charge in [0.15, 0.2) is 5.70 Å². The van der Waals surface area contributed by atoms with Crippen LogP contribution in [0, 0.1) is 0 Å². The lowest BCUT2D eigenvalue weighted by Gasteiger charge is -2.03. The summed E-state index contributed by atoms with van der Waals surface area (Å²) in [6, 6.07) is 8.83. The molecular formula is C16H11BrN2O3S. The van der Waals surface area contributed by atoms with Gasteiger partial charge in [-0.05, 0) is 52.3 Å². The SMILES string of the molecule is CC(=O)Nc1ccc(C2=N/C(=C/c3cc(Br)cs3)C(=O)O2)cc1. The third-order valence-corrected chi connectivity index (χ3v) is 4.58. The maximum atomic E-state index is 11.9. The summed E-state index contributed by atoms with van der Waals surface area (Å²) in [4.78, 5) is 28.1. The van der Waals surface area contributed by atoms with E-state index in [2.05, 4.69) is 26.2 Å². The molecule has 5 nitrogen and oxygen atoms in total. The first-order valence-corrected chi connectivity index (χ1v) is 8.33. The molecule has 0 saturated carbocycles. The molecule has 0 spiro atoms. The number of esters is 1. The number of benzene rings is 1. The zero-order valence-electron chi connectivity index (χ0n) is 12.0. The van der Waals surface area contributed by atoms with Crippen LogP contribution in [0.2, 0.25) is 0 Å². The smallest absolute Gasteiger partial charge is 0.363 e. The van der Waals surface area contributed by atoms with E-state index in [0.717, 1.165) is 9.35 Å². The van der Waals surface area contributed by atoms with Crippen LogP contribution in [0.5, 0.6) is 0 Å². The summed E-state index contributed by atoms with van der Waals surface area (Å²) in [5.74, 6) is -0.364. The van der Waals surface area contributed by atoms with Crippen LogP contribution in [0.1, 0.15) is 17.4 Å². The first-order chi connectivity index (χ1) is 11.0. The van der Waals surface area contributed by atoms with Crippen LogP contribution in [0.4, 0.5) is 5.69 Å². The lowest BCUT2D eigenvalue weighted by Crippen LogP contribution is -2.07. The Hall–Kier alpha value is -2.25. The minimum Gasteiger partial charge on any atom is -0.402 e. The van der Waals surface area contributed by atoms with Gasteiger partial charge in [-0.15, -0.1) is 11.3 Å². The molecule has 2 heterocycles. The van der Waals surface area contributed by atoms with E-state index in [4.69, 9.17) is 4.74 Å². The van der Waals surface area contributed by atoms with Crippen molar-refractivity contribution in [2.75, 3.05) is 5.32 Å². The number of nitrogens with zero attached hydrogens (tertiary/aromatic N) is 1. The van der Waals surface area contributed by atoms with Crippen molar-refractivity contribution in [2.24, 2.45) is 4.99 Å². The Morgan fingerprint density at radius 2 is 2.09 bits per heavy atom. The second-order valence-electron chi connectivity index (χ2n) is 4.76. The van der Waals surface area contributed by atoms with Crippen molar-refractivity contribution in [1.82, 2.24) is 0 Å². The molecule has 23 heavy (non-hydrogen) atoms. The van der Waals surface area contributed by atoms with E-state index in [1.165, 1.54) is 18.3 Å². The highest BCUT2D eigenvalue weighted by molar-refractivity contribution is 9.10. The topological polar surface area (TPSA) is 67.8 Å². The Kier molecular flexibility index (Phi) is 4.40. The standard InChI is InChI=1S/C16H11BrN2O3S/c1-9(20)18-12-4-2-10(3-5-12)15-19-14(16(21)22-15)7-13-6-11(17)8-23-13/h2-8H,1H3,(H,18,20)/b14-7+. The third-order valence-electron chi connectivity index (χ3n) is 2.94. The first-order valence-electron chi connectivity index (χ1n) is 6.66. The fraction of sp³-hybridized carbons (Fsp3) is 0.0625. The van der Waals surface area contributed by atoms with Crippen molar-refractivity contribution in [2.45, 2.75) is 6.92 Å². The van der Waals surface area contributed by atoms with Crippen LogP contribution in [0.25, 0.3) is 6.08 Å². The molecule has 1 aliphatic rings. The number of cyclic esters (lactones) is 1. The molecular weight excluding hydrogens is 380 g/mol. The number of carbonyl (C=O) groups excluding carboxylic acids is 2. The highest BCUT2D eigenvalue weighted by atomic mass is 79.9. The Morgan fingerprint density at radius 1 is 1.35 bits per heavy atom. The average molecular weight is 391 g/mol. The van der Waals surface area contributed by atoms with Gasteiger partial charge in [0.25, 0.3) is 0 Å². The summed E-state index contributed by atoms with van der Waals surface area (Å²) in [6.07, 6.45) is 1.69. The molecule has 1 amide bonds. The van der Waals surface area contributed by atoms with E-state index >= 15 is 0 Å². The van der Waals surface area contributed by atoms with Crippen molar-refractivity contribution < 1.29 is 14.3 Å². The van der Waals surface area contributed by atoms with Crippen molar-refractivity contribution in [3.8, 4) is 0 Å². The molecule has 0 bridgehead atoms. The number of nitrogens with one attached hydrogen (secondary N) is 1. The van der Waals surface area contributed by atoms with Crippen LogP contribution >= 0.6 is 27.3 Å². The van der Waals surface area contributed by atoms with Crippen LogP contribution < -0.4 is 5.32 Å². The van der Waals surface area contributed by atoms with Crippen LogP contribution in [-0.4, -0.2) is 17.8 Å². The molecule has 0 radical (unpaired) electrons. The van der Waals surface area contributed by atoms with Gasteiger partial charge in [-0.2, -0.15) is 0 Å². The van der Waals surface area contributed by atoms with Gasteiger partial charge >= 0.3 is 5.97 Å². The Labute approximate surface area is 144 Å². The van der Waals surface area contributed by atoms with E-state index in [-0.39, 0.29) is 17.5 Å². The number of hydrogen-bond acceptors (Lipinski definition) is 5. The maximum Gasteiger partial charge on any atom is 0.363 e. The molecule has 0 aliphatic carbocycles. The van der Waals surface area contributed by atoms with Gasteiger partial charge in [-0.1, -0.05) is 0 Å². The van der Waals surface area contributed by atoms with Gasteiger partial charge in [-0.25, -0.2) is 9.79 Å². The number of ether oxygens (including phenoxy) is 1. The van der Waals surface area contributed by atoms with Gasteiger partial charge in [0, 0.05) is 32.9 Å². The number of hydrogen-bond donors (Lipinski definition) is 1. The lowest BCUT2D eigenvalue weighted by molar-refractivity contribution is -0.129. The second kappa shape index (κ2) is 6.47. The molecule has 1 aliphatic heterocycles. The number of aliphatic imine (C=N–C) groups is 1. The molecule has 1 aromatic carbocycles. The van der Waals surface area contributed by atoms with Gasteiger partial charge in [-0.3, -0.25) is 4.79 Å². The molecule has 0 unspecified atom stereocenters. The average Bonchev–Trinajstić information content (AvgIpc) is 3.06. The fourth-order valence-electron chi connectivity index (χ4n) is 1.97. The number of thiophene rings is 1. The number of amides is 1. The number of rotatable bonds is 3. The Bertz CT molecular complexity index is 837. The van der Waals surface area contributed by atoms with Crippen LogP contribution in [-0.2, 0) is 14.3 Å². The van der Waals surface area contributed by atoms with E-state index < -0.39 is 5.97 Å². The van der Waals surface area contributed by atoms with Gasteiger partial charge in [0.05, 0.1) is 0 Å². The molecule has 1 N–H and O–H groups in total. The Morgan fingerprint density at radius 3 is 2.70 bits per heavy atom. The first kappa shape index (κ1) is 15.6. The summed E-state index contributed by atoms with van der Waals surface area (Å²) in [5, 5.41) is 4.60. The molecule has 2 aromatic rings. The molecule has 0 atom stereocenters. The number of anilines is 1. The minimum absolute atomic E-state index is 0.144.